The molecule has 1 unspecified atom stereocenters. The van der Waals surface area contributed by atoms with Gasteiger partial charge in [-0.1, -0.05) is 188 Å². The number of carboxylic acid groups (broad SMARTS) is 1. The molecule has 0 aromatic rings. The highest BCUT2D eigenvalue weighted by Crippen LogP contribution is 2.43. The molecule has 22 nitrogen and oxygen atoms in total. The lowest BCUT2D eigenvalue weighted by atomic mass is 9.81. The van der Waals surface area contributed by atoms with E-state index < -0.39 is 132 Å². The van der Waals surface area contributed by atoms with Crippen molar-refractivity contribution < 1.29 is 97.0 Å². The SMILES string of the molecule is CCCCCCCCCCC[C@@H](O)CC(=O)N[C@H]1[C@@H](OP(=O)(O)O)O[C@H](CO[C@@H]2O[C@H](CO)[C@@H](OP(=O)(O)O)[C@H](O)[C@H]2NC(=O)C[C@@H](CCCCCCCCCCC)C(CCCCCCCCCC)C(=O)O)[C@@H](O)[C@@H]1O. The molecule has 13 atom stereocenters. The molecule has 0 aliphatic carbocycles. The fraction of sp³-hybridized carbons (Fsp3) is 0.942. The summed E-state index contributed by atoms with van der Waals surface area (Å²) >= 11 is 0. The average molecular weight is 1140 g/mol. The van der Waals surface area contributed by atoms with Crippen LogP contribution in [0.15, 0.2) is 0 Å². The molecular weight excluding hydrogens is 1030 g/mol. The standard InChI is InChI=1S/C52H100N2O20P2/c1-4-7-10-13-16-19-21-24-27-30-37(39(50(62)63)32-29-26-23-18-15-12-9-6-3)33-42(57)53-45-48(61)49(73-75(64,65)66)40(35-55)71-51(45)70-36-41-46(59)47(60)44(52(72-41)74-76(67,68)69)54-43(58)34-38(56)31-28-25-22-20-17-14-11-8-5-2/h37-41,44-49,51-52,55-56,59-61H,4-36H2,1-3H3,(H,53,57)(H,54,58)(H,62,63)(H2,64,65,66)(H2,67,68,69)/t37-,38-,39?,40-,41-,44-,45-,46-,47-,48-,49-,51-,52-/m1/s1. The molecule has 0 bridgehead atoms. The molecule has 12 N–H and O–H groups in total. The zero-order valence-corrected chi connectivity index (χ0v) is 47.6. The summed E-state index contributed by atoms with van der Waals surface area (Å²) in [4.78, 5) is 79.1. The second-order valence-corrected chi connectivity index (χ2v) is 23.6. The Morgan fingerprint density at radius 3 is 1.38 bits per heavy atom. The lowest BCUT2D eigenvalue weighted by Gasteiger charge is -2.45. The molecular formula is C52H100N2O20P2. The van der Waals surface area contributed by atoms with Gasteiger partial charge in [-0.3, -0.25) is 23.4 Å². The van der Waals surface area contributed by atoms with Crippen molar-refractivity contribution in [2.75, 3.05) is 13.2 Å². The van der Waals surface area contributed by atoms with Crippen molar-refractivity contribution in [2.24, 2.45) is 11.8 Å². The number of unbranched alkanes of at least 4 members (excludes halogenated alkanes) is 23. The first-order valence-corrected chi connectivity index (χ1v) is 31.8. The van der Waals surface area contributed by atoms with E-state index in [1.807, 2.05) is 0 Å². The summed E-state index contributed by atoms with van der Waals surface area (Å²) in [6.45, 7) is 4.60. The van der Waals surface area contributed by atoms with Gasteiger partial charge in [0.25, 0.3) is 0 Å². The highest BCUT2D eigenvalue weighted by Gasteiger charge is 2.52. The van der Waals surface area contributed by atoms with Crippen LogP contribution in [0.25, 0.3) is 0 Å². The van der Waals surface area contributed by atoms with E-state index in [0.29, 0.717) is 38.5 Å². The van der Waals surface area contributed by atoms with Crippen LogP contribution in [-0.4, -0.2) is 149 Å². The van der Waals surface area contributed by atoms with Crippen molar-refractivity contribution in [3.8, 4) is 0 Å². The van der Waals surface area contributed by atoms with Gasteiger partial charge in [0, 0.05) is 6.42 Å². The average Bonchev–Trinajstić information content (AvgIpc) is 3.34. The van der Waals surface area contributed by atoms with E-state index in [4.69, 9.17) is 23.3 Å². The van der Waals surface area contributed by atoms with Crippen LogP contribution in [0.1, 0.15) is 220 Å². The number of carbonyl (C=O) groups is 3. The van der Waals surface area contributed by atoms with Crippen LogP contribution in [0.4, 0.5) is 0 Å². The number of amides is 2. The number of rotatable bonds is 45. The molecule has 0 saturated carbocycles. The zero-order valence-electron chi connectivity index (χ0n) is 45.8. The number of ether oxygens (including phenoxy) is 3. The quantitative estimate of drug-likeness (QED) is 0.0217. The third kappa shape index (κ3) is 29.7. The first kappa shape index (κ1) is 70.4. The van der Waals surface area contributed by atoms with Crippen molar-refractivity contribution in [2.45, 2.75) is 287 Å². The molecule has 2 amide bonds. The molecule has 0 spiro atoms. The van der Waals surface area contributed by atoms with Crippen LogP contribution in [0, 0.1) is 11.8 Å². The minimum absolute atomic E-state index is 0.294. The summed E-state index contributed by atoms with van der Waals surface area (Å²) in [6, 6.07) is -3.54. The number of carboxylic acids is 1. The Morgan fingerprint density at radius 1 is 0.526 bits per heavy atom. The number of hydrogen-bond acceptors (Lipinski definition) is 15. The van der Waals surface area contributed by atoms with Crippen molar-refractivity contribution in [3.05, 3.63) is 0 Å². The molecule has 2 aliphatic heterocycles. The Labute approximate surface area is 452 Å². The molecule has 448 valence electrons. The monoisotopic (exact) mass is 1130 g/mol. The lowest BCUT2D eigenvalue weighted by Crippen LogP contribution is -2.67. The maximum atomic E-state index is 14.1. The maximum absolute atomic E-state index is 14.1. The largest absolute Gasteiger partial charge is 0.481 e. The van der Waals surface area contributed by atoms with Gasteiger partial charge in [-0.05, 0) is 25.2 Å². The molecule has 2 aliphatic rings. The van der Waals surface area contributed by atoms with Gasteiger partial charge in [0.05, 0.1) is 31.7 Å². The van der Waals surface area contributed by atoms with Gasteiger partial charge in [0.2, 0.25) is 11.8 Å². The number of aliphatic carboxylic acids is 1. The Hall–Kier alpha value is -1.69. The number of phosphoric acid groups is 2. The van der Waals surface area contributed by atoms with E-state index in [-0.39, 0.29) is 6.42 Å². The highest BCUT2D eigenvalue weighted by atomic mass is 31.2. The van der Waals surface area contributed by atoms with Crippen molar-refractivity contribution >= 4 is 33.4 Å². The second-order valence-electron chi connectivity index (χ2n) is 21.2. The summed E-state index contributed by atoms with van der Waals surface area (Å²) in [7, 11) is -10.8. The van der Waals surface area contributed by atoms with E-state index in [0.717, 1.165) is 116 Å². The molecule has 2 heterocycles. The van der Waals surface area contributed by atoms with Crippen LogP contribution < -0.4 is 10.6 Å². The predicted molar refractivity (Wildman–Crippen MR) is 283 cm³/mol. The van der Waals surface area contributed by atoms with Gasteiger partial charge in [-0.15, -0.1) is 0 Å². The van der Waals surface area contributed by atoms with Gasteiger partial charge in [0.1, 0.15) is 48.7 Å². The Bertz CT molecular complexity index is 1660. The van der Waals surface area contributed by atoms with Gasteiger partial charge in [0.15, 0.2) is 12.6 Å². The number of nitrogens with one attached hydrogen (secondary N) is 2. The minimum Gasteiger partial charge on any atom is -0.481 e. The van der Waals surface area contributed by atoms with Crippen LogP contribution in [-0.2, 0) is 46.8 Å². The van der Waals surface area contributed by atoms with E-state index in [2.05, 4.69) is 31.4 Å². The molecule has 2 rings (SSSR count). The summed E-state index contributed by atoms with van der Waals surface area (Å²) < 4.78 is 51.1. The summed E-state index contributed by atoms with van der Waals surface area (Å²) in [5.41, 5.74) is 0. The molecule has 76 heavy (non-hydrogen) atoms. The van der Waals surface area contributed by atoms with Crippen molar-refractivity contribution in [1.82, 2.24) is 10.6 Å². The number of aliphatic hydroxyl groups is 5. The Morgan fingerprint density at radius 2 is 0.934 bits per heavy atom. The molecule has 0 aromatic carbocycles. The number of aliphatic hydroxyl groups excluding tert-OH is 5. The maximum Gasteiger partial charge on any atom is 0.472 e. The molecule has 2 saturated heterocycles. The van der Waals surface area contributed by atoms with Crippen molar-refractivity contribution in [1.29, 1.82) is 0 Å². The summed E-state index contributed by atoms with van der Waals surface area (Å²) in [5, 5.41) is 70.4. The molecule has 24 heteroatoms. The normalized spacial score (nSPS) is 25.5. The third-order valence-electron chi connectivity index (χ3n) is 14.6. The van der Waals surface area contributed by atoms with Gasteiger partial charge in [-0.25, -0.2) is 9.13 Å². The van der Waals surface area contributed by atoms with Crippen LogP contribution >= 0.6 is 15.6 Å². The number of hydrogen-bond donors (Lipinski definition) is 12. The Balaban J connectivity index is 2.28. The zero-order chi connectivity index (χ0) is 56.5. The first-order chi connectivity index (χ1) is 36.2. The fourth-order valence-corrected chi connectivity index (χ4v) is 11.3. The van der Waals surface area contributed by atoms with E-state index in [1.54, 1.807) is 0 Å². The number of carbonyl (C=O) groups excluding carboxylic acids is 2. The van der Waals surface area contributed by atoms with E-state index >= 15 is 0 Å². The molecule has 0 aromatic heterocycles. The van der Waals surface area contributed by atoms with Crippen LogP contribution in [0.5, 0.6) is 0 Å². The van der Waals surface area contributed by atoms with Crippen molar-refractivity contribution in [3.63, 3.8) is 0 Å². The van der Waals surface area contributed by atoms with Crippen LogP contribution in [0.3, 0.4) is 0 Å². The minimum atomic E-state index is -5.43. The lowest BCUT2D eigenvalue weighted by molar-refractivity contribution is -0.294. The van der Waals surface area contributed by atoms with Gasteiger partial charge >= 0.3 is 21.6 Å². The van der Waals surface area contributed by atoms with Gasteiger partial charge in [-0.2, -0.15) is 0 Å². The Kier molecular flexibility index (Phi) is 36.7. The van der Waals surface area contributed by atoms with Gasteiger partial charge < -0.3 is 75.1 Å². The second kappa shape index (κ2) is 39.7. The van der Waals surface area contributed by atoms with Crippen LogP contribution in [0.2, 0.25) is 0 Å². The molecule has 0 radical (unpaired) electrons. The fourth-order valence-electron chi connectivity index (χ4n) is 10.2. The first-order valence-electron chi connectivity index (χ1n) is 28.7. The molecule has 2 fully saturated rings. The van der Waals surface area contributed by atoms with E-state index in [1.165, 1.54) is 32.1 Å². The summed E-state index contributed by atoms with van der Waals surface area (Å²) in [5.74, 6) is -4.24. The summed E-state index contributed by atoms with van der Waals surface area (Å²) in [6.07, 6.45) is 10.3. The predicted octanol–water partition coefficient (Wildman–Crippen LogP) is 6.92. The number of phosphoric ester groups is 2. The smallest absolute Gasteiger partial charge is 0.472 e. The third-order valence-corrected chi connectivity index (χ3v) is 15.6. The van der Waals surface area contributed by atoms with E-state index in [9.17, 15) is 73.7 Å². The topological polar surface area (TPSA) is 358 Å². The highest BCUT2D eigenvalue weighted by molar-refractivity contribution is 7.46.